The molecule has 0 saturated carbocycles. The molecule has 7 heteroatoms. The smallest absolute Gasteiger partial charge is 0.277 e. The van der Waals surface area contributed by atoms with Gasteiger partial charge >= 0.3 is 0 Å². The van der Waals surface area contributed by atoms with Gasteiger partial charge in [0.1, 0.15) is 0 Å². The molecule has 4 rings (SSSR count). The van der Waals surface area contributed by atoms with E-state index in [1.165, 1.54) is 32.9 Å². The summed E-state index contributed by atoms with van der Waals surface area (Å²) in [5, 5.41) is 16.7. The summed E-state index contributed by atoms with van der Waals surface area (Å²) in [6.07, 6.45) is -0.904. The Labute approximate surface area is 231 Å². The predicted octanol–water partition coefficient (Wildman–Crippen LogP) is 8.36. The highest BCUT2D eigenvalue weighted by molar-refractivity contribution is 6.36. The van der Waals surface area contributed by atoms with Gasteiger partial charge in [0.15, 0.2) is 0 Å². The van der Waals surface area contributed by atoms with Crippen LogP contribution < -0.4 is 5.32 Å². The van der Waals surface area contributed by atoms with Crippen LogP contribution in [0.4, 0.5) is 8.78 Å². The number of hydrogen-bond donors (Lipinski definition) is 2. The van der Waals surface area contributed by atoms with Crippen molar-refractivity contribution in [3.63, 3.8) is 0 Å². The number of amides is 1. The first-order valence-corrected chi connectivity index (χ1v) is 13.0. The highest BCUT2D eigenvalue weighted by Crippen LogP contribution is 2.44. The second-order valence-electron chi connectivity index (χ2n) is 10.4. The normalized spacial score (nSPS) is 13.8. The summed E-state index contributed by atoms with van der Waals surface area (Å²) in [5.74, 6) is -3.41. The number of nitrogens with one attached hydrogen (secondary N) is 1. The molecule has 0 aliphatic heterocycles. The average molecular weight is 556 g/mol. The van der Waals surface area contributed by atoms with Crippen LogP contribution in [0.3, 0.4) is 0 Å². The first-order valence-electron chi connectivity index (χ1n) is 12.3. The lowest BCUT2D eigenvalue weighted by atomic mass is 9.83. The highest BCUT2D eigenvalue weighted by atomic mass is 35.5. The lowest BCUT2D eigenvalue weighted by Gasteiger charge is -2.31. The van der Waals surface area contributed by atoms with Gasteiger partial charge in [0.25, 0.3) is 11.8 Å². The van der Waals surface area contributed by atoms with Crippen molar-refractivity contribution in [2.45, 2.75) is 45.3 Å². The van der Waals surface area contributed by atoms with Crippen molar-refractivity contribution < 1.29 is 18.7 Å². The summed E-state index contributed by atoms with van der Waals surface area (Å²) in [7, 11) is 0. The van der Waals surface area contributed by atoms with Crippen LogP contribution >= 0.6 is 23.2 Å². The first kappa shape index (κ1) is 28.0. The Morgan fingerprint density at radius 3 is 2.18 bits per heavy atom. The minimum absolute atomic E-state index is 0.0858. The summed E-state index contributed by atoms with van der Waals surface area (Å²) in [5.41, 5.74) is 0.297. The number of aliphatic hydroxyl groups is 1. The Bertz CT molecular complexity index is 1450. The minimum atomic E-state index is -3.02. The van der Waals surface area contributed by atoms with E-state index in [2.05, 4.69) is 5.32 Å². The number of halogens is 4. The SMILES string of the molecule is CC(C)(C)C(F)(F)c1ccc(CC(NC(=O)c2cccc3c(Cl)cccc23)C(O)c2cccc(Cl)c2)cc1. The predicted molar refractivity (Wildman–Crippen MR) is 150 cm³/mol. The number of aliphatic hydroxyl groups excluding tert-OH is 1. The van der Waals surface area contributed by atoms with Crippen LogP contribution in [0.2, 0.25) is 10.0 Å². The molecule has 0 saturated heterocycles. The maximum Gasteiger partial charge on any atom is 0.277 e. The van der Waals surface area contributed by atoms with Gasteiger partial charge in [0.05, 0.1) is 12.1 Å². The van der Waals surface area contributed by atoms with Crippen LogP contribution in [0.15, 0.2) is 84.9 Å². The lowest BCUT2D eigenvalue weighted by Crippen LogP contribution is -2.41. The molecule has 4 aromatic carbocycles. The third kappa shape index (κ3) is 5.85. The van der Waals surface area contributed by atoms with Gasteiger partial charge in [-0.1, -0.05) is 105 Å². The maximum absolute atomic E-state index is 14.8. The molecular weight excluding hydrogens is 527 g/mol. The molecule has 0 fully saturated rings. The van der Waals surface area contributed by atoms with Crippen molar-refractivity contribution in [1.82, 2.24) is 5.32 Å². The van der Waals surface area contributed by atoms with Gasteiger partial charge < -0.3 is 10.4 Å². The van der Waals surface area contributed by atoms with E-state index in [0.717, 1.165) is 5.39 Å². The summed E-state index contributed by atoms with van der Waals surface area (Å²) in [6, 6.07) is 22.6. The number of carbonyl (C=O) groups excluding carboxylic acids is 1. The molecule has 4 aromatic rings. The molecule has 0 spiro atoms. The van der Waals surface area contributed by atoms with Gasteiger partial charge in [-0.25, -0.2) is 8.78 Å². The van der Waals surface area contributed by atoms with Gasteiger partial charge in [-0.3, -0.25) is 4.79 Å². The van der Waals surface area contributed by atoms with Gasteiger partial charge in [0, 0.05) is 32.0 Å². The highest BCUT2D eigenvalue weighted by Gasteiger charge is 2.44. The zero-order valence-corrected chi connectivity index (χ0v) is 22.8. The Hall–Kier alpha value is -2.99. The molecule has 2 atom stereocenters. The van der Waals surface area contributed by atoms with E-state index in [-0.39, 0.29) is 17.9 Å². The van der Waals surface area contributed by atoms with E-state index in [0.29, 0.717) is 32.1 Å². The van der Waals surface area contributed by atoms with Crippen LogP contribution in [0.1, 0.15) is 53.9 Å². The second-order valence-corrected chi connectivity index (χ2v) is 11.3. The van der Waals surface area contributed by atoms with Crippen LogP contribution in [0.25, 0.3) is 10.8 Å². The molecule has 2 unspecified atom stereocenters. The van der Waals surface area contributed by atoms with Crippen molar-refractivity contribution in [3.8, 4) is 0 Å². The van der Waals surface area contributed by atoms with Gasteiger partial charge in [-0.05, 0) is 47.2 Å². The summed E-state index contributed by atoms with van der Waals surface area (Å²) in [6.45, 7) is 4.48. The van der Waals surface area contributed by atoms with Gasteiger partial charge in [-0.15, -0.1) is 0 Å². The van der Waals surface area contributed by atoms with Crippen molar-refractivity contribution in [3.05, 3.63) is 117 Å². The molecule has 0 aliphatic carbocycles. The molecular formula is C31H29Cl2F2NO2. The zero-order chi connectivity index (χ0) is 27.7. The summed E-state index contributed by atoms with van der Waals surface area (Å²) < 4.78 is 29.7. The van der Waals surface area contributed by atoms with Crippen LogP contribution in [0.5, 0.6) is 0 Å². The van der Waals surface area contributed by atoms with E-state index >= 15 is 0 Å². The summed E-state index contributed by atoms with van der Waals surface area (Å²) >= 11 is 12.5. The zero-order valence-electron chi connectivity index (χ0n) is 21.3. The fourth-order valence-corrected chi connectivity index (χ4v) is 4.85. The molecule has 2 N–H and O–H groups in total. The number of rotatable bonds is 7. The molecule has 3 nitrogen and oxygen atoms in total. The van der Waals surface area contributed by atoms with Crippen molar-refractivity contribution in [1.29, 1.82) is 0 Å². The maximum atomic E-state index is 14.8. The average Bonchev–Trinajstić information content (AvgIpc) is 2.87. The topological polar surface area (TPSA) is 49.3 Å². The number of hydrogen-bond acceptors (Lipinski definition) is 2. The van der Waals surface area contributed by atoms with Crippen molar-refractivity contribution >= 4 is 39.9 Å². The Kier molecular flexibility index (Phi) is 8.12. The molecule has 198 valence electrons. The van der Waals surface area contributed by atoms with Gasteiger partial charge in [0.2, 0.25) is 0 Å². The Balaban J connectivity index is 1.66. The van der Waals surface area contributed by atoms with E-state index in [1.807, 2.05) is 12.1 Å². The molecule has 0 aliphatic rings. The van der Waals surface area contributed by atoms with Crippen LogP contribution in [-0.4, -0.2) is 17.1 Å². The molecule has 0 bridgehead atoms. The fraction of sp³-hybridized carbons (Fsp3) is 0.258. The number of fused-ring (bicyclic) bond motifs is 1. The summed E-state index contributed by atoms with van der Waals surface area (Å²) in [4.78, 5) is 13.5. The number of alkyl halides is 2. The van der Waals surface area contributed by atoms with Crippen molar-refractivity contribution in [2.24, 2.45) is 5.41 Å². The number of carbonyl (C=O) groups is 1. The lowest BCUT2D eigenvalue weighted by molar-refractivity contribution is -0.104. The van der Waals surface area contributed by atoms with E-state index in [9.17, 15) is 18.7 Å². The van der Waals surface area contributed by atoms with Crippen LogP contribution in [0, 0.1) is 5.41 Å². The third-order valence-electron chi connectivity index (χ3n) is 6.72. The Morgan fingerprint density at radius 2 is 1.53 bits per heavy atom. The molecule has 0 radical (unpaired) electrons. The minimum Gasteiger partial charge on any atom is -0.386 e. The van der Waals surface area contributed by atoms with E-state index in [4.69, 9.17) is 23.2 Å². The van der Waals surface area contributed by atoms with Crippen molar-refractivity contribution in [2.75, 3.05) is 0 Å². The first-order chi connectivity index (χ1) is 17.9. The quantitative estimate of drug-likeness (QED) is 0.240. The van der Waals surface area contributed by atoms with E-state index < -0.39 is 23.5 Å². The van der Waals surface area contributed by atoms with E-state index in [1.54, 1.807) is 60.7 Å². The fourth-order valence-electron chi connectivity index (χ4n) is 4.42. The Morgan fingerprint density at radius 1 is 0.895 bits per heavy atom. The largest absolute Gasteiger partial charge is 0.386 e. The molecule has 38 heavy (non-hydrogen) atoms. The monoisotopic (exact) mass is 555 g/mol. The van der Waals surface area contributed by atoms with Crippen LogP contribution in [-0.2, 0) is 12.3 Å². The molecule has 0 heterocycles. The number of benzene rings is 4. The standard InChI is InChI=1S/C31H29Cl2F2NO2/c1-30(2,3)31(34,35)21-15-13-19(14-16-21)17-27(28(37)20-7-4-8-22(32)18-20)36-29(38)25-11-5-10-24-23(25)9-6-12-26(24)33/h4-16,18,27-28,37H,17H2,1-3H3,(H,36,38). The third-order valence-corrected chi connectivity index (χ3v) is 7.28. The molecule has 1 amide bonds. The second kappa shape index (κ2) is 11.0. The molecule has 0 aromatic heterocycles. The van der Waals surface area contributed by atoms with Gasteiger partial charge in [-0.2, -0.15) is 0 Å².